The normalized spacial score (nSPS) is 49.2. The van der Waals surface area contributed by atoms with Crippen molar-refractivity contribution in [3.05, 3.63) is 0 Å². The monoisotopic (exact) mass is 146 g/mol. The molecule has 0 aromatic carbocycles. The molecule has 0 radical (unpaired) electrons. The molecule has 1 aliphatic carbocycles. The van der Waals surface area contributed by atoms with Crippen LogP contribution in [0.25, 0.3) is 0 Å². The fourth-order valence-electron chi connectivity index (χ4n) is 1.24. The highest BCUT2D eigenvalue weighted by atomic mass is 16.3. The fraction of sp³-hybridized carbons (Fsp3) is 1.00. The van der Waals surface area contributed by atoms with Gasteiger partial charge in [0.15, 0.2) is 0 Å². The first-order valence-corrected chi connectivity index (χ1v) is 3.50. The van der Waals surface area contributed by atoms with E-state index in [1.165, 1.54) is 0 Å². The van der Waals surface area contributed by atoms with Gasteiger partial charge in [-0.25, -0.2) is 0 Å². The quantitative estimate of drug-likeness (QED) is 0.323. The lowest BCUT2D eigenvalue weighted by Crippen LogP contribution is -2.57. The average molecular weight is 146 g/mol. The standard InChI is InChI=1S/C6H14N2O2/c7-3-1-2-4(9)6(10)5(3)8/h3-6,9-10H,1-2,7-8H2/t3-,4+,5+,6+/m1/s1. The van der Waals surface area contributed by atoms with Gasteiger partial charge in [-0.1, -0.05) is 0 Å². The molecule has 4 nitrogen and oxygen atoms in total. The third-order valence-corrected chi connectivity index (χ3v) is 2.08. The van der Waals surface area contributed by atoms with Crippen LogP contribution in [0.5, 0.6) is 0 Å². The first-order valence-electron chi connectivity index (χ1n) is 3.50. The highest BCUT2D eigenvalue weighted by Gasteiger charge is 2.32. The predicted octanol–water partition coefficient (Wildman–Crippen LogP) is -1.84. The van der Waals surface area contributed by atoms with E-state index in [-0.39, 0.29) is 6.04 Å². The van der Waals surface area contributed by atoms with Crippen LogP contribution in [0.2, 0.25) is 0 Å². The van der Waals surface area contributed by atoms with Crippen LogP contribution in [0.4, 0.5) is 0 Å². The lowest BCUT2D eigenvalue weighted by atomic mass is 9.87. The molecule has 0 amide bonds. The summed E-state index contributed by atoms with van der Waals surface area (Å²) >= 11 is 0. The second kappa shape index (κ2) is 2.84. The van der Waals surface area contributed by atoms with Gasteiger partial charge in [0.2, 0.25) is 0 Å². The molecule has 0 heterocycles. The van der Waals surface area contributed by atoms with E-state index in [4.69, 9.17) is 21.7 Å². The number of rotatable bonds is 0. The fourth-order valence-corrected chi connectivity index (χ4v) is 1.24. The van der Waals surface area contributed by atoms with Gasteiger partial charge >= 0.3 is 0 Å². The Bertz CT molecular complexity index is 106. The molecule has 0 spiro atoms. The molecule has 10 heavy (non-hydrogen) atoms. The van der Waals surface area contributed by atoms with E-state index in [0.29, 0.717) is 12.8 Å². The molecule has 1 aliphatic rings. The Morgan fingerprint density at radius 1 is 1.10 bits per heavy atom. The summed E-state index contributed by atoms with van der Waals surface area (Å²) in [5, 5.41) is 18.2. The maximum absolute atomic E-state index is 9.16. The number of aliphatic hydroxyl groups is 2. The number of nitrogens with two attached hydrogens (primary N) is 2. The SMILES string of the molecule is N[C@@H]1[C@@H](O)[C@@H](O)CC[C@H]1N. The summed E-state index contributed by atoms with van der Waals surface area (Å²) in [6, 6.07) is -0.637. The van der Waals surface area contributed by atoms with Crippen LogP contribution in [-0.4, -0.2) is 34.5 Å². The predicted molar refractivity (Wildman–Crippen MR) is 37.2 cm³/mol. The van der Waals surface area contributed by atoms with Gasteiger partial charge in [-0.2, -0.15) is 0 Å². The minimum absolute atomic E-state index is 0.168. The van der Waals surface area contributed by atoms with Crippen molar-refractivity contribution >= 4 is 0 Å². The van der Waals surface area contributed by atoms with Crippen LogP contribution in [-0.2, 0) is 0 Å². The maximum Gasteiger partial charge on any atom is 0.0964 e. The van der Waals surface area contributed by atoms with Crippen molar-refractivity contribution in [3.63, 3.8) is 0 Å². The molecular formula is C6H14N2O2. The molecule has 0 saturated heterocycles. The molecule has 1 fully saturated rings. The summed E-state index contributed by atoms with van der Waals surface area (Å²) in [6.07, 6.45) is -0.284. The van der Waals surface area contributed by atoms with Gasteiger partial charge < -0.3 is 21.7 Å². The Morgan fingerprint density at radius 3 is 2.20 bits per heavy atom. The summed E-state index contributed by atoms with van der Waals surface area (Å²) in [6.45, 7) is 0. The lowest BCUT2D eigenvalue weighted by molar-refractivity contribution is -0.0265. The molecule has 0 unspecified atom stereocenters. The van der Waals surface area contributed by atoms with E-state index in [1.807, 2.05) is 0 Å². The van der Waals surface area contributed by atoms with Crippen molar-refractivity contribution in [2.75, 3.05) is 0 Å². The van der Waals surface area contributed by atoms with Crippen LogP contribution < -0.4 is 11.5 Å². The van der Waals surface area contributed by atoms with Gasteiger partial charge in [0, 0.05) is 12.1 Å². The second-order valence-electron chi connectivity index (χ2n) is 2.88. The van der Waals surface area contributed by atoms with Crippen LogP contribution in [0, 0.1) is 0 Å². The van der Waals surface area contributed by atoms with E-state index < -0.39 is 18.2 Å². The van der Waals surface area contributed by atoms with Crippen molar-refractivity contribution in [1.29, 1.82) is 0 Å². The molecule has 0 aromatic heterocycles. The molecule has 4 heteroatoms. The van der Waals surface area contributed by atoms with Crippen LogP contribution in [0.1, 0.15) is 12.8 Å². The van der Waals surface area contributed by atoms with Gasteiger partial charge in [0.25, 0.3) is 0 Å². The molecule has 0 bridgehead atoms. The zero-order valence-corrected chi connectivity index (χ0v) is 5.77. The highest BCUT2D eigenvalue weighted by Crippen LogP contribution is 2.16. The largest absolute Gasteiger partial charge is 0.390 e. The van der Waals surface area contributed by atoms with Gasteiger partial charge in [-0.3, -0.25) is 0 Å². The number of hydrogen-bond acceptors (Lipinski definition) is 4. The van der Waals surface area contributed by atoms with Crippen LogP contribution in [0.3, 0.4) is 0 Å². The molecule has 0 aliphatic heterocycles. The first kappa shape index (κ1) is 7.94. The maximum atomic E-state index is 9.16. The summed E-state index contributed by atoms with van der Waals surface area (Å²) in [5.41, 5.74) is 11.0. The zero-order chi connectivity index (χ0) is 7.72. The Labute approximate surface area is 59.8 Å². The molecule has 60 valence electrons. The Balaban J connectivity index is 2.52. The van der Waals surface area contributed by atoms with Gasteiger partial charge in [0.05, 0.1) is 12.2 Å². The third-order valence-electron chi connectivity index (χ3n) is 2.08. The van der Waals surface area contributed by atoms with Crippen molar-refractivity contribution in [3.8, 4) is 0 Å². The summed E-state index contributed by atoms with van der Waals surface area (Å²) in [4.78, 5) is 0. The Morgan fingerprint density at radius 2 is 1.70 bits per heavy atom. The van der Waals surface area contributed by atoms with E-state index in [0.717, 1.165) is 0 Å². The van der Waals surface area contributed by atoms with Gasteiger partial charge in [-0.15, -0.1) is 0 Å². The van der Waals surface area contributed by atoms with Crippen molar-refractivity contribution in [2.24, 2.45) is 11.5 Å². The number of hydrogen-bond donors (Lipinski definition) is 4. The molecule has 1 rings (SSSR count). The molecular weight excluding hydrogens is 132 g/mol. The molecule has 1 saturated carbocycles. The van der Waals surface area contributed by atoms with E-state index in [1.54, 1.807) is 0 Å². The Kier molecular flexibility index (Phi) is 2.25. The van der Waals surface area contributed by atoms with E-state index in [9.17, 15) is 0 Å². The van der Waals surface area contributed by atoms with Crippen molar-refractivity contribution in [2.45, 2.75) is 37.1 Å². The molecule has 0 aromatic rings. The summed E-state index contributed by atoms with van der Waals surface area (Å²) < 4.78 is 0. The smallest absolute Gasteiger partial charge is 0.0964 e. The topological polar surface area (TPSA) is 92.5 Å². The van der Waals surface area contributed by atoms with Crippen molar-refractivity contribution in [1.82, 2.24) is 0 Å². The molecule has 6 N–H and O–H groups in total. The van der Waals surface area contributed by atoms with Gasteiger partial charge in [0.1, 0.15) is 0 Å². The van der Waals surface area contributed by atoms with Crippen LogP contribution in [0.15, 0.2) is 0 Å². The minimum Gasteiger partial charge on any atom is -0.390 e. The first-order chi connectivity index (χ1) is 4.63. The highest BCUT2D eigenvalue weighted by molar-refractivity contribution is 4.92. The van der Waals surface area contributed by atoms with E-state index >= 15 is 0 Å². The average Bonchev–Trinajstić information content (AvgIpc) is 1.93. The second-order valence-corrected chi connectivity index (χ2v) is 2.88. The van der Waals surface area contributed by atoms with E-state index in [2.05, 4.69) is 0 Å². The van der Waals surface area contributed by atoms with Crippen molar-refractivity contribution < 1.29 is 10.2 Å². The molecule has 4 atom stereocenters. The van der Waals surface area contributed by atoms with Crippen LogP contribution >= 0.6 is 0 Å². The lowest BCUT2D eigenvalue weighted by Gasteiger charge is -2.33. The minimum atomic E-state index is -0.844. The zero-order valence-electron chi connectivity index (χ0n) is 5.77. The summed E-state index contributed by atoms with van der Waals surface area (Å²) in [7, 11) is 0. The van der Waals surface area contributed by atoms with Gasteiger partial charge in [-0.05, 0) is 12.8 Å². The Hall–Kier alpha value is -0.160. The third kappa shape index (κ3) is 1.29. The summed E-state index contributed by atoms with van der Waals surface area (Å²) in [5.74, 6) is 0. The number of aliphatic hydroxyl groups excluding tert-OH is 2.